The van der Waals surface area contributed by atoms with Gasteiger partial charge in [0.05, 0.1) is 11.4 Å². The van der Waals surface area contributed by atoms with Gasteiger partial charge in [-0.1, -0.05) is 33.8 Å². The fourth-order valence-corrected chi connectivity index (χ4v) is 4.51. The Morgan fingerprint density at radius 1 is 1.06 bits per heavy atom. The normalized spacial score (nSPS) is 13.0. The highest BCUT2D eigenvalue weighted by molar-refractivity contribution is 7.89. The molecule has 1 rings (SSSR count). The maximum absolute atomic E-state index is 12.8. The summed E-state index contributed by atoms with van der Waals surface area (Å²) in [7, 11) is -3.72. The molecule has 0 radical (unpaired) electrons. The maximum Gasteiger partial charge on any atom is 0.251 e. The molecule has 0 heterocycles. The largest absolute Gasteiger partial charge is 0.350 e. The molecule has 0 bridgehead atoms. The van der Waals surface area contributed by atoms with Crippen molar-refractivity contribution in [3.05, 3.63) is 29.8 Å². The minimum atomic E-state index is -3.72. The zero-order chi connectivity index (χ0) is 24.7. The molecular weight excluding hydrogens is 432 g/mol. The van der Waals surface area contributed by atoms with Gasteiger partial charge >= 0.3 is 0 Å². The highest BCUT2D eigenvalue weighted by atomic mass is 32.2. The third-order valence-electron chi connectivity index (χ3n) is 4.61. The Bertz CT molecular complexity index is 918. The number of amides is 3. The summed E-state index contributed by atoms with van der Waals surface area (Å²) in [5, 5.41) is 7.94. The lowest BCUT2D eigenvalue weighted by molar-refractivity contribution is -0.128. The van der Waals surface area contributed by atoms with E-state index in [4.69, 9.17) is 0 Å². The van der Waals surface area contributed by atoms with E-state index in [0.717, 1.165) is 0 Å². The predicted molar refractivity (Wildman–Crippen MR) is 124 cm³/mol. The maximum atomic E-state index is 12.8. The smallest absolute Gasteiger partial charge is 0.251 e. The number of carbonyl (C=O) groups is 3. The summed E-state index contributed by atoms with van der Waals surface area (Å²) in [5.41, 5.74) is -0.300. The number of hydrogen-bond acceptors (Lipinski definition) is 5. The third-order valence-corrected chi connectivity index (χ3v) is 6.66. The van der Waals surface area contributed by atoms with Gasteiger partial charge in [0.25, 0.3) is 5.91 Å². The molecule has 0 aromatic heterocycles. The molecule has 3 amide bonds. The van der Waals surface area contributed by atoms with Crippen molar-refractivity contribution >= 4 is 27.7 Å². The van der Waals surface area contributed by atoms with Crippen molar-refractivity contribution in [1.82, 2.24) is 20.3 Å². The van der Waals surface area contributed by atoms with Crippen LogP contribution < -0.4 is 16.0 Å². The van der Waals surface area contributed by atoms with E-state index in [1.54, 1.807) is 27.7 Å². The SMILES string of the molecule is CCN(CC)S(=O)(=O)c1cccc(C(=O)NC(C(=O)NCC(=O)NC(C)(C)C)C(C)C)c1. The number of carbonyl (C=O) groups excluding carboxylic acids is 3. The van der Waals surface area contributed by atoms with Gasteiger partial charge in [-0.15, -0.1) is 0 Å². The average Bonchev–Trinajstić information content (AvgIpc) is 2.69. The molecule has 1 aromatic carbocycles. The van der Waals surface area contributed by atoms with Crippen LogP contribution >= 0.6 is 0 Å². The van der Waals surface area contributed by atoms with Crippen LogP contribution in [0.5, 0.6) is 0 Å². The Kier molecular flexibility index (Phi) is 9.84. The molecular formula is C22H36N4O5S. The van der Waals surface area contributed by atoms with Crippen molar-refractivity contribution in [3.8, 4) is 0 Å². The molecule has 1 atom stereocenters. The Morgan fingerprint density at radius 2 is 1.66 bits per heavy atom. The molecule has 0 spiro atoms. The molecule has 1 aromatic rings. The van der Waals surface area contributed by atoms with Crippen LogP contribution in [0.1, 0.15) is 58.8 Å². The van der Waals surface area contributed by atoms with Crippen molar-refractivity contribution in [3.63, 3.8) is 0 Å². The Balaban J connectivity index is 2.96. The molecule has 0 fully saturated rings. The van der Waals surface area contributed by atoms with Crippen molar-refractivity contribution in [2.24, 2.45) is 5.92 Å². The summed E-state index contributed by atoms with van der Waals surface area (Å²) in [6.07, 6.45) is 0. The standard InChI is InChI=1S/C22H36N4O5S/c1-8-26(9-2)32(30,31)17-12-10-11-16(13-17)20(28)24-19(15(3)4)21(29)23-14-18(27)25-22(5,6)7/h10-13,15,19H,8-9,14H2,1-7H3,(H,23,29)(H,24,28)(H,25,27). The number of benzene rings is 1. The number of sulfonamides is 1. The molecule has 0 aliphatic heterocycles. The molecule has 0 aliphatic rings. The lowest BCUT2D eigenvalue weighted by atomic mass is 10.0. The third kappa shape index (κ3) is 7.90. The van der Waals surface area contributed by atoms with Gasteiger partial charge in [-0.05, 0) is 44.9 Å². The number of hydrogen-bond donors (Lipinski definition) is 3. The molecule has 0 saturated carbocycles. The van der Waals surface area contributed by atoms with Crippen LogP contribution in [-0.4, -0.2) is 61.7 Å². The van der Waals surface area contributed by atoms with E-state index >= 15 is 0 Å². The van der Waals surface area contributed by atoms with Gasteiger partial charge in [-0.25, -0.2) is 8.42 Å². The van der Waals surface area contributed by atoms with Gasteiger partial charge in [-0.2, -0.15) is 4.31 Å². The zero-order valence-corrected chi connectivity index (χ0v) is 20.8. The monoisotopic (exact) mass is 468 g/mol. The van der Waals surface area contributed by atoms with Crippen molar-refractivity contribution < 1.29 is 22.8 Å². The van der Waals surface area contributed by atoms with Gasteiger partial charge in [0.15, 0.2) is 0 Å². The predicted octanol–water partition coefficient (Wildman–Crippen LogP) is 1.50. The lowest BCUT2D eigenvalue weighted by Crippen LogP contribution is -2.52. The van der Waals surface area contributed by atoms with Crippen molar-refractivity contribution in [2.75, 3.05) is 19.6 Å². The minimum absolute atomic E-state index is 0.0123. The van der Waals surface area contributed by atoms with E-state index in [2.05, 4.69) is 16.0 Å². The average molecular weight is 469 g/mol. The number of nitrogens with one attached hydrogen (secondary N) is 3. The second-order valence-corrected chi connectivity index (χ2v) is 10.8. The molecule has 3 N–H and O–H groups in total. The van der Waals surface area contributed by atoms with Gasteiger partial charge in [0.2, 0.25) is 21.8 Å². The van der Waals surface area contributed by atoms with Gasteiger partial charge < -0.3 is 16.0 Å². The fraction of sp³-hybridized carbons (Fsp3) is 0.591. The summed E-state index contributed by atoms with van der Waals surface area (Å²) in [6.45, 7) is 12.9. The number of nitrogens with zero attached hydrogens (tertiary/aromatic N) is 1. The Labute approximate surface area is 191 Å². The first kappa shape index (κ1) is 27.6. The Hall–Kier alpha value is -2.46. The summed E-state index contributed by atoms with van der Waals surface area (Å²) in [4.78, 5) is 37.4. The van der Waals surface area contributed by atoms with Crippen molar-refractivity contribution in [2.45, 2.75) is 64.9 Å². The molecule has 180 valence electrons. The van der Waals surface area contributed by atoms with E-state index < -0.39 is 33.4 Å². The van der Waals surface area contributed by atoms with E-state index in [-0.39, 0.29) is 28.8 Å². The van der Waals surface area contributed by atoms with Crippen LogP contribution in [0.25, 0.3) is 0 Å². The molecule has 10 heteroatoms. The minimum Gasteiger partial charge on any atom is -0.350 e. The van der Waals surface area contributed by atoms with Gasteiger partial charge in [0, 0.05) is 24.2 Å². The van der Waals surface area contributed by atoms with E-state index in [1.807, 2.05) is 20.8 Å². The van der Waals surface area contributed by atoms with E-state index in [1.165, 1.54) is 28.6 Å². The summed E-state index contributed by atoms with van der Waals surface area (Å²) in [6, 6.07) is 4.82. The first-order valence-electron chi connectivity index (χ1n) is 10.7. The highest BCUT2D eigenvalue weighted by Gasteiger charge is 2.27. The topological polar surface area (TPSA) is 125 Å². The molecule has 32 heavy (non-hydrogen) atoms. The van der Waals surface area contributed by atoms with Crippen LogP contribution in [0.2, 0.25) is 0 Å². The van der Waals surface area contributed by atoms with E-state index in [9.17, 15) is 22.8 Å². The summed E-state index contributed by atoms with van der Waals surface area (Å²) in [5.74, 6) is -1.67. The second kappa shape index (κ2) is 11.4. The van der Waals surface area contributed by atoms with Crippen LogP contribution in [0.4, 0.5) is 0 Å². The second-order valence-electron chi connectivity index (χ2n) is 8.83. The fourth-order valence-electron chi connectivity index (χ4n) is 3.01. The lowest BCUT2D eigenvalue weighted by Gasteiger charge is -2.23. The highest BCUT2D eigenvalue weighted by Crippen LogP contribution is 2.17. The van der Waals surface area contributed by atoms with Gasteiger partial charge in [-0.3, -0.25) is 14.4 Å². The quantitative estimate of drug-likeness (QED) is 0.480. The molecule has 0 saturated heterocycles. The molecule has 9 nitrogen and oxygen atoms in total. The van der Waals surface area contributed by atoms with Crippen LogP contribution in [0.3, 0.4) is 0 Å². The molecule has 0 aliphatic carbocycles. The van der Waals surface area contributed by atoms with E-state index in [0.29, 0.717) is 13.1 Å². The number of rotatable bonds is 10. The zero-order valence-electron chi connectivity index (χ0n) is 20.0. The summed E-state index contributed by atoms with van der Waals surface area (Å²) >= 11 is 0. The van der Waals surface area contributed by atoms with Crippen molar-refractivity contribution in [1.29, 1.82) is 0 Å². The van der Waals surface area contributed by atoms with Crippen LogP contribution in [-0.2, 0) is 19.6 Å². The molecule has 1 unspecified atom stereocenters. The van der Waals surface area contributed by atoms with Crippen LogP contribution in [0, 0.1) is 5.92 Å². The van der Waals surface area contributed by atoms with Crippen LogP contribution in [0.15, 0.2) is 29.2 Å². The first-order valence-corrected chi connectivity index (χ1v) is 12.2. The Morgan fingerprint density at radius 3 is 2.16 bits per heavy atom. The summed E-state index contributed by atoms with van der Waals surface area (Å²) < 4.78 is 26.8. The first-order chi connectivity index (χ1) is 14.7. The van der Waals surface area contributed by atoms with Gasteiger partial charge in [0.1, 0.15) is 6.04 Å².